The molecule has 0 saturated heterocycles. The molecular weight excluding hydrogens is 379 g/mol. The minimum absolute atomic E-state index is 0.0786. The lowest BCUT2D eigenvalue weighted by molar-refractivity contribution is -0.145. The average molecular weight is 398 g/mol. The van der Waals surface area contributed by atoms with Gasteiger partial charge in [-0.2, -0.15) is 0 Å². The summed E-state index contributed by atoms with van der Waals surface area (Å²) < 4.78 is 25.7. The number of carbonyl (C=O) groups excluding carboxylic acids is 1. The molecule has 0 radical (unpaired) electrons. The fraction of sp³-hybridized carbons (Fsp3) is 0.190. The highest BCUT2D eigenvalue weighted by Gasteiger charge is 2.12. The maximum Gasteiger partial charge on any atom is 0.331 e. The van der Waals surface area contributed by atoms with E-state index in [1.54, 1.807) is 6.07 Å². The van der Waals surface area contributed by atoms with Crippen molar-refractivity contribution in [3.05, 3.63) is 98.6 Å². The lowest BCUT2D eigenvalue weighted by Crippen LogP contribution is -2.41. The summed E-state index contributed by atoms with van der Waals surface area (Å²) in [6.45, 7) is -0.467. The third kappa shape index (κ3) is 4.98. The van der Waals surface area contributed by atoms with Gasteiger partial charge in [0.15, 0.2) is 11.6 Å². The first-order valence-electron chi connectivity index (χ1n) is 8.80. The topological polar surface area (TPSA) is 79.5 Å². The van der Waals surface area contributed by atoms with Crippen molar-refractivity contribution in [2.24, 2.45) is 0 Å². The number of aromatic nitrogens is 2. The number of methoxy groups -OCH3 is 1. The Morgan fingerprint density at radius 3 is 2.48 bits per heavy atom. The third-order valence-corrected chi connectivity index (χ3v) is 4.24. The van der Waals surface area contributed by atoms with Crippen LogP contribution in [0.25, 0.3) is 0 Å². The van der Waals surface area contributed by atoms with Gasteiger partial charge in [0.25, 0.3) is 5.56 Å². The van der Waals surface area contributed by atoms with Gasteiger partial charge in [0.05, 0.1) is 13.7 Å². The van der Waals surface area contributed by atoms with Gasteiger partial charge in [-0.1, -0.05) is 36.4 Å². The second-order valence-corrected chi connectivity index (χ2v) is 6.27. The highest BCUT2D eigenvalue weighted by atomic mass is 19.1. The number of benzene rings is 2. The van der Waals surface area contributed by atoms with E-state index in [0.717, 1.165) is 10.1 Å². The summed E-state index contributed by atoms with van der Waals surface area (Å²) in [7, 11) is 1.35. The first-order valence-corrected chi connectivity index (χ1v) is 8.80. The number of hydrogen-bond acceptors (Lipinski definition) is 5. The zero-order chi connectivity index (χ0) is 20.8. The van der Waals surface area contributed by atoms with Crippen molar-refractivity contribution in [2.75, 3.05) is 7.11 Å². The van der Waals surface area contributed by atoms with Crippen molar-refractivity contribution in [2.45, 2.75) is 19.7 Å². The molecule has 0 bridgehead atoms. The summed E-state index contributed by atoms with van der Waals surface area (Å²) in [5, 5.41) is 0. The SMILES string of the molecule is COc1ccc(COC(=O)Cn2c(=O)ccn(Cc3ccccc3)c2=O)cc1F. The van der Waals surface area contributed by atoms with Crippen molar-refractivity contribution >= 4 is 5.97 Å². The summed E-state index contributed by atoms with van der Waals surface area (Å²) >= 11 is 0. The van der Waals surface area contributed by atoms with Crippen molar-refractivity contribution in [1.82, 2.24) is 9.13 Å². The summed E-state index contributed by atoms with van der Waals surface area (Å²) in [6.07, 6.45) is 1.39. The van der Waals surface area contributed by atoms with E-state index in [2.05, 4.69) is 0 Å². The van der Waals surface area contributed by atoms with Gasteiger partial charge >= 0.3 is 11.7 Å². The van der Waals surface area contributed by atoms with Crippen LogP contribution in [0.5, 0.6) is 5.75 Å². The Bertz CT molecular complexity index is 1120. The molecule has 150 valence electrons. The van der Waals surface area contributed by atoms with Gasteiger partial charge in [-0.05, 0) is 23.3 Å². The standard InChI is InChI=1S/C21H19FN2O5/c1-28-18-8-7-16(11-17(18)22)14-29-20(26)13-24-19(25)9-10-23(21(24)27)12-15-5-3-2-4-6-15/h2-11H,12-14H2,1H3. The molecule has 0 saturated carbocycles. The molecule has 0 unspecified atom stereocenters. The van der Waals surface area contributed by atoms with Crippen LogP contribution in [0.2, 0.25) is 0 Å². The lowest BCUT2D eigenvalue weighted by atomic mass is 10.2. The number of rotatable bonds is 7. The predicted octanol–water partition coefficient (Wildman–Crippen LogP) is 1.95. The number of ether oxygens (including phenoxy) is 2. The Balaban J connectivity index is 1.70. The molecule has 0 aliphatic carbocycles. The van der Waals surface area contributed by atoms with Crippen LogP contribution in [0.3, 0.4) is 0 Å². The largest absolute Gasteiger partial charge is 0.494 e. The summed E-state index contributed by atoms with van der Waals surface area (Å²) in [6, 6.07) is 14.6. The van der Waals surface area contributed by atoms with Gasteiger partial charge in [-0.25, -0.2) is 13.8 Å². The Labute approximate surface area is 165 Å². The highest BCUT2D eigenvalue weighted by Crippen LogP contribution is 2.18. The maximum atomic E-state index is 13.7. The van der Waals surface area contributed by atoms with E-state index in [4.69, 9.17) is 9.47 Å². The molecule has 0 aliphatic rings. The quantitative estimate of drug-likeness (QED) is 0.569. The molecular formula is C21H19FN2O5. The number of nitrogens with zero attached hydrogens (tertiary/aromatic N) is 2. The molecule has 7 nitrogen and oxygen atoms in total. The van der Waals surface area contributed by atoms with Gasteiger partial charge in [-0.15, -0.1) is 0 Å². The number of esters is 1. The zero-order valence-corrected chi connectivity index (χ0v) is 15.7. The molecule has 0 aliphatic heterocycles. The molecule has 3 aromatic rings. The number of halogens is 1. The minimum atomic E-state index is -0.780. The Morgan fingerprint density at radius 2 is 1.79 bits per heavy atom. The molecule has 0 atom stereocenters. The van der Waals surface area contributed by atoms with E-state index in [9.17, 15) is 18.8 Å². The maximum absolute atomic E-state index is 13.7. The molecule has 0 spiro atoms. The summed E-state index contributed by atoms with van der Waals surface area (Å²) in [5.74, 6) is -1.28. The Hall–Kier alpha value is -3.68. The molecule has 2 aromatic carbocycles. The van der Waals surface area contributed by atoms with Gasteiger partial charge in [-0.3, -0.25) is 14.2 Å². The first-order chi connectivity index (χ1) is 14.0. The fourth-order valence-corrected chi connectivity index (χ4v) is 2.74. The van der Waals surface area contributed by atoms with E-state index in [1.807, 2.05) is 30.3 Å². The van der Waals surface area contributed by atoms with Gasteiger partial charge in [0.2, 0.25) is 0 Å². The minimum Gasteiger partial charge on any atom is -0.494 e. The predicted molar refractivity (Wildman–Crippen MR) is 103 cm³/mol. The Morgan fingerprint density at radius 1 is 1.03 bits per heavy atom. The van der Waals surface area contributed by atoms with Crippen LogP contribution in [0.15, 0.2) is 70.4 Å². The number of carbonyl (C=O) groups is 1. The molecule has 0 N–H and O–H groups in total. The van der Waals surface area contributed by atoms with Crippen LogP contribution >= 0.6 is 0 Å². The van der Waals surface area contributed by atoms with E-state index in [0.29, 0.717) is 5.56 Å². The first kappa shape index (κ1) is 20.1. The van der Waals surface area contributed by atoms with Crippen LogP contribution < -0.4 is 16.0 Å². The third-order valence-electron chi connectivity index (χ3n) is 4.24. The molecule has 1 heterocycles. The molecule has 8 heteroatoms. The van der Waals surface area contributed by atoms with Crippen LogP contribution in [0, 0.1) is 5.82 Å². The highest BCUT2D eigenvalue weighted by molar-refractivity contribution is 5.69. The monoisotopic (exact) mass is 398 g/mol. The molecule has 1 aromatic heterocycles. The second kappa shape index (κ2) is 9.01. The van der Waals surface area contributed by atoms with Crippen LogP contribution in [-0.2, 0) is 29.2 Å². The van der Waals surface area contributed by atoms with Gasteiger partial charge in [0.1, 0.15) is 13.2 Å². The van der Waals surface area contributed by atoms with Gasteiger partial charge in [0, 0.05) is 12.3 Å². The molecule has 3 rings (SSSR count). The lowest BCUT2D eigenvalue weighted by Gasteiger charge is -2.10. The summed E-state index contributed by atoms with van der Waals surface area (Å²) in [5.41, 5.74) is 0.0722. The number of hydrogen-bond donors (Lipinski definition) is 0. The normalized spacial score (nSPS) is 10.6. The van der Waals surface area contributed by atoms with Crippen LogP contribution in [0.4, 0.5) is 4.39 Å². The van der Waals surface area contributed by atoms with Gasteiger partial charge < -0.3 is 9.47 Å². The van der Waals surface area contributed by atoms with E-state index >= 15 is 0 Å². The second-order valence-electron chi connectivity index (χ2n) is 6.27. The van der Waals surface area contributed by atoms with E-state index < -0.39 is 29.6 Å². The summed E-state index contributed by atoms with van der Waals surface area (Å²) in [4.78, 5) is 36.7. The van der Waals surface area contributed by atoms with Crippen molar-refractivity contribution in [1.29, 1.82) is 0 Å². The van der Waals surface area contributed by atoms with E-state index in [-0.39, 0.29) is 18.9 Å². The molecule has 29 heavy (non-hydrogen) atoms. The van der Waals surface area contributed by atoms with Crippen LogP contribution in [0.1, 0.15) is 11.1 Å². The van der Waals surface area contributed by atoms with Crippen molar-refractivity contribution in [3.8, 4) is 5.75 Å². The van der Waals surface area contributed by atoms with E-state index in [1.165, 1.54) is 36.1 Å². The van der Waals surface area contributed by atoms with Crippen molar-refractivity contribution < 1.29 is 18.7 Å². The van der Waals surface area contributed by atoms with Crippen molar-refractivity contribution in [3.63, 3.8) is 0 Å². The zero-order valence-electron chi connectivity index (χ0n) is 15.7. The average Bonchev–Trinajstić information content (AvgIpc) is 2.72. The fourth-order valence-electron chi connectivity index (χ4n) is 2.74. The molecule has 0 fully saturated rings. The van der Waals surface area contributed by atoms with Crippen LogP contribution in [-0.4, -0.2) is 22.2 Å². The smallest absolute Gasteiger partial charge is 0.331 e. The Kier molecular flexibility index (Phi) is 6.23. The molecule has 0 amide bonds.